The van der Waals surface area contributed by atoms with Crippen LogP contribution in [0.4, 0.5) is 0 Å². The molecule has 0 aliphatic carbocycles. The minimum Gasteiger partial charge on any atom is -0.507 e. The number of phenolic OH excluding ortho intramolecular Hbond substituents is 1. The van der Waals surface area contributed by atoms with Crippen LogP contribution in [-0.4, -0.2) is 10.9 Å². The average Bonchev–Trinajstić information content (AvgIpc) is 2.35. The first-order valence-corrected chi connectivity index (χ1v) is 6.02. The van der Waals surface area contributed by atoms with Crippen LogP contribution in [0.1, 0.15) is 21.5 Å². The third-order valence-electron chi connectivity index (χ3n) is 2.78. The predicted molar refractivity (Wildman–Crippen MR) is 72.3 cm³/mol. The summed E-state index contributed by atoms with van der Waals surface area (Å²) in [5.41, 5.74) is 1.94. The number of phenols is 1. The van der Waals surface area contributed by atoms with E-state index in [2.05, 4.69) is 0 Å². The van der Waals surface area contributed by atoms with Crippen molar-refractivity contribution in [3.05, 3.63) is 64.2 Å². The van der Waals surface area contributed by atoms with Crippen molar-refractivity contribution in [3.8, 4) is 5.75 Å². The van der Waals surface area contributed by atoms with Gasteiger partial charge in [-0.3, -0.25) is 4.79 Å². The largest absolute Gasteiger partial charge is 0.507 e. The zero-order valence-electron chi connectivity index (χ0n) is 9.98. The van der Waals surface area contributed by atoms with Crippen molar-refractivity contribution in [2.75, 3.05) is 0 Å². The molecule has 2 aromatic carbocycles. The second kappa shape index (κ2) is 5.23. The highest BCUT2D eigenvalue weighted by Gasteiger charge is 2.13. The number of aryl methyl sites for hydroxylation is 1. The quantitative estimate of drug-likeness (QED) is 0.853. The van der Waals surface area contributed by atoms with Crippen molar-refractivity contribution in [3.63, 3.8) is 0 Å². The minimum absolute atomic E-state index is 0.0159. The van der Waals surface area contributed by atoms with Crippen LogP contribution in [0.25, 0.3) is 0 Å². The molecule has 0 unspecified atom stereocenters. The number of benzene rings is 2. The molecule has 3 heteroatoms. The zero-order valence-corrected chi connectivity index (χ0v) is 10.7. The van der Waals surface area contributed by atoms with E-state index in [1.165, 1.54) is 12.1 Å². The van der Waals surface area contributed by atoms with Gasteiger partial charge in [0.1, 0.15) is 5.75 Å². The first kappa shape index (κ1) is 12.7. The Kier molecular flexibility index (Phi) is 3.68. The van der Waals surface area contributed by atoms with Crippen molar-refractivity contribution < 1.29 is 9.90 Å². The minimum atomic E-state index is -0.138. The summed E-state index contributed by atoms with van der Waals surface area (Å²) in [6, 6.07) is 12.5. The second-order valence-corrected chi connectivity index (χ2v) is 4.61. The summed E-state index contributed by atoms with van der Waals surface area (Å²) >= 11 is 5.97. The van der Waals surface area contributed by atoms with E-state index in [0.717, 1.165) is 11.1 Å². The lowest BCUT2D eigenvalue weighted by atomic mass is 10.0. The number of Topliss-reactive ketones (excluding diaryl/α,β-unsaturated/α-hetero) is 1. The summed E-state index contributed by atoms with van der Waals surface area (Å²) in [5, 5.41) is 10.3. The number of rotatable bonds is 3. The SMILES string of the molecule is Cc1cc(O)c(C(=O)Cc2ccccc2)cc1Cl. The van der Waals surface area contributed by atoms with Crippen molar-refractivity contribution in [1.82, 2.24) is 0 Å². The fourth-order valence-corrected chi connectivity index (χ4v) is 1.93. The molecule has 0 bridgehead atoms. The number of halogens is 1. The fraction of sp³-hybridized carbons (Fsp3) is 0.133. The van der Waals surface area contributed by atoms with Crippen molar-refractivity contribution in [1.29, 1.82) is 0 Å². The molecule has 0 atom stereocenters. The summed E-state index contributed by atoms with van der Waals surface area (Å²) in [7, 11) is 0. The molecule has 1 N–H and O–H groups in total. The van der Waals surface area contributed by atoms with Gasteiger partial charge in [0.15, 0.2) is 5.78 Å². The molecule has 2 rings (SSSR count). The summed E-state index contributed by atoms with van der Waals surface area (Å²) in [6.45, 7) is 1.79. The van der Waals surface area contributed by atoms with Gasteiger partial charge in [0, 0.05) is 11.4 Å². The maximum atomic E-state index is 12.1. The van der Waals surface area contributed by atoms with Gasteiger partial charge >= 0.3 is 0 Å². The van der Waals surface area contributed by atoms with E-state index in [-0.39, 0.29) is 23.5 Å². The first-order valence-electron chi connectivity index (χ1n) is 5.64. The number of ketones is 1. The Morgan fingerprint density at radius 1 is 1.22 bits per heavy atom. The number of hydrogen-bond acceptors (Lipinski definition) is 2. The van der Waals surface area contributed by atoms with Gasteiger partial charge in [-0.2, -0.15) is 0 Å². The number of hydrogen-bond donors (Lipinski definition) is 1. The van der Waals surface area contributed by atoms with Crippen LogP contribution in [0, 0.1) is 6.92 Å². The highest BCUT2D eigenvalue weighted by molar-refractivity contribution is 6.31. The first-order chi connectivity index (χ1) is 8.58. The van der Waals surface area contributed by atoms with Gasteiger partial charge < -0.3 is 5.11 Å². The molecule has 0 saturated heterocycles. The normalized spacial score (nSPS) is 10.3. The molecule has 92 valence electrons. The number of aromatic hydroxyl groups is 1. The summed E-state index contributed by atoms with van der Waals surface area (Å²) in [5.74, 6) is -0.154. The molecular formula is C15H13ClO2. The molecule has 0 spiro atoms. The molecule has 2 aromatic rings. The van der Waals surface area contributed by atoms with Crippen LogP contribution < -0.4 is 0 Å². The molecular weight excluding hydrogens is 248 g/mol. The summed E-state index contributed by atoms with van der Waals surface area (Å²) in [4.78, 5) is 12.1. The van der Waals surface area contributed by atoms with Crippen molar-refractivity contribution >= 4 is 17.4 Å². The zero-order chi connectivity index (χ0) is 13.1. The summed E-state index contributed by atoms with van der Waals surface area (Å²) < 4.78 is 0. The Balaban J connectivity index is 2.27. The molecule has 0 fully saturated rings. The Hall–Kier alpha value is -1.80. The van der Waals surface area contributed by atoms with Gasteiger partial charge in [-0.25, -0.2) is 0 Å². The van der Waals surface area contributed by atoms with Gasteiger partial charge in [0.2, 0.25) is 0 Å². The van der Waals surface area contributed by atoms with Gasteiger partial charge in [-0.1, -0.05) is 41.9 Å². The molecule has 0 heterocycles. The number of carbonyl (C=O) groups is 1. The maximum Gasteiger partial charge on any atom is 0.171 e. The van der Waals surface area contributed by atoms with E-state index >= 15 is 0 Å². The van der Waals surface area contributed by atoms with Gasteiger partial charge in [0.25, 0.3) is 0 Å². The van der Waals surface area contributed by atoms with Crippen LogP contribution in [0.15, 0.2) is 42.5 Å². The van der Waals surface area contributed by atoms with Gasteiger partial charge in [-0.05, 0) is 30.2 Å². The molecule has 0 aliphatic rings. The van der Waals surface area contributed by atoms with E-state index in [1.54, 1.807) is 6.92 Å². The highest BCUT2D eigenvalue weighted by atomic mass is 35.5. The fourth-order valence-electron chi connectivity index (χ4n) is 1.77. The van der Waals surface area contributed by atoms with E-state index < -0.39 is 0 Å². The number of carbonyl (C=O) groups excluding carboxylic acids is 1. The highest BCUT2D eigenvalue weighted by Crippen LogP contribution is 2.26. The van der Waals surface area contributed by atoms with Crippen LogP contribution >= 0.6 is 11.6 Å². The Morgan fingerprint density at radius 3 is 2.56 bits per heavy atom. The summed E-state index contributed by atoms with van der Waals surface area (Å²) in [6.07, 6.45) is 0.258. The van der Waals surface area contributed by atoms with E-state index in [0.29, 0.717) is 5.02 Å². The van der Waals surface area contributed by atoms with Crippen molar-refractivity contribution in [2.24, 2.45) is 0 Å². The van der Waals surface area contributed by atoms with E-state index in [4.69, 9.17) is 11.6 Å². The van der Waals surface area contributed by atoms with Crippen LogP contribution in [-0.2, 0) is 6.42 Å². The molecule has 0 radical (unpaired) electrons. The molecule has 0 aliphatic heterocycles. The molecule has 0 saturated carbocycles. The molecule has 0 aromatic heterocycles. The van der Waals surface area contributed by atoms with Crippen LogP contribution in [0.3, 0.4) is 0 Å². The lowest BCUT2D eigenvalue weighted by Gasteiger charge is -2.06. The maximum absolute atomic E-state index is 12.1. The Bertz CT molecular complexity index is 577. The lowest BCUT2D eigenvalue weighted by molar-refractivity contribution is 0.0990. The van der Waals surface area contributed by atoms with Crippen LogP contribution in [0.5, 0.6) is 5.75 Å². The standard InChI is InChI=1S/C15H13ClO2/c1-10-7-14(17)12(9-13(10)16)15(18)8-11-5-3-2-4-6-11/h2-7,9,17H,8H2,1H3. The lowest BCUT2D eigenvalue weighted by Crippen LogP contribution is -2.04. The molecule has 2 nitrogen and oxygen atoms in total. The smallest absolute Gasteiger partial charge is 0.171 e. The Labute approximate surface area is 111 Å². The third kappa shape index (κ3) is 2.71. The van der Waals surface area contributed by atoms with E-state index in [1.807, 2.05) is 30.3 Å². The van der Waals surface area contributed by atoms with E-state index in [9.17, 15) is 9.90 Å². The average molecular weight is 261 g/mol. The third-order valence-corrected chi connectivity index (χ3v) is 3.19. The predicted octanol–water partition coefficient (Wildman–Crippen LogP) is 3.78. The van der Waals surface area contributed by atoms with Crippen LogP contribution in [0.2, 0.25) is 5.02 Å². The molecule has 0 amide bonds. The van der Waals surface area contributed by atoms with Gasteiger partial charge in [-0.15, -0.1) is 0 Å². The Morgan fingerprint density at radius 2 is 1.89 bits per heavy atom. The van der Waals surface area contributed by atoms with Gasteiger partial charge in [0.05, 0.1) is 5.56 Å². The second-order valence-electron chi connectivity index (χ2n) is 4.20. The molecule has 18 heavy (non-hydrogen) atoms. The topological polar surface area (TPSA) is 37.3 Å². The van der Waals surface area contributed by atoms with Crippen molar-refractivity contribution in [2.45, 2.75) is 13.3 Å². The monoisotopic (exact) mass is 260 g/mol.